The number of amides is 1. The molecule has 1 fully saturated rings. The minimum Gasteiger partial charge on any atom is -0.481 e. The van der Waals surface area contributed by atoms with E-state index >= 15 is 0 Å². The molecule has 0 aliphatic carbocycles. The minimum absolute atomic E-state index is 0.0875. The van der Waals surface area contributed by atoms with Crippen LogP contribution in [0.1, 0.15) is 35.0 Å². The van der Waals surface area contributed by atoms with Gasteiger partial charge in [-0.15, -0.1) is 11.3 Å². The molecule has 1 aliphatic rings. The summed E-state index contributed by atoms with van der Waals surface area (Å²) in [6, 6.07) is 0. The van der Waals surface area contributed by atoms with Crippen LogP contribution in [-0.2, 0) is 4.79 Å². The van der Waals surface area contributed by atoms with E-state index in [1.807, 2.05) is 12.3 Å². The molecule has 4 nitrogen and oxygen atoms in total. The number of hydrogen-bond acceptors (Lipinski definition) is 3. The van der Waals surface area contributed by atoms with Gasteiger partial charge in [0.2, 0.25) is 0 Å². The van der Waals surface area contributed by atoms with Gasteiger partial charge in [0, 0.05) is 13.1 Å². The van der Waals surface area contributed by atoms with Crippen LogP contribution in [0, 0.1) is 12.3 Å². The Bertz CT molecular complexity index is 518. The Morgan fingerprint density at radius 2 is 2.00 bits per heavy atom. The lowest BCUT2D eigenvalue weighted by atomic mass is 9.80. The number of carbonyl (C=O) groups is 2. The molecule has 1 amide bonds. The van der Waals surface area contributed by atoms with E-state index in [0.717, 1.165) is 5.56 Å². The number of halogens is 1. The van der Waals surface area contributed by atoms with Crippen LogP contribution in [0.2, 0.25) is 5.02 Å². The molecule has 1 aromatic heterocycles. The Labute approximate surface area is 121 Å². The van der Waals surface area contributed by atoms with Crippen molar-refractivity contribution in [3.63, 3.8) is 0 Å². The fourth-order valence-corrected chi connectivity index (χ4v) is 3.38. The SMILES string of the molecule is Cc1csc(C(=O)N2CCC(C)(C(=O)O)CC2)c1Cl. The first-order chi connectivity index (χ1) is 8.85. The van der Waals surface area contributed by atoms with E-state index in [9.17, 15) is 9.59 Å². The van der Waals surface area contributed by atoms with Crippen molar-refractivity contribution in [3.8, 4) is 0 Å². The Balaban J connectivity index is 2.08. The van der Waals surface area contributed by atoms with E-state index in [0.29, 0.717) is 35.8 Å². The molecule has 104 valence electrons. The Kier molecular flexibility index (Phi) is 3.87. The first-order valence-corrected chi connectivity index (χ1v) is 7.37. The van der Waals surface area contributed by atoms with Crippen molar-refractivity contribution < 1.29 is 14.7 Å². The van der Waals surface area contributed by atoms with Crippen LogP contribution in [0.3, 0.4) is 0 Å². The van der Waals surface area contributed by atoms with Gasteiger partial charge in [-0.1, -0.05) is 11.6 Å². The summed E-state index contributed by atoms with van der Waals surface area (Å²) in [6.45, 7) is 4.54. The second-order valence-corrected chi connectivity index (χ2v) is 6.48. The summed E-state index contributed by atoms with van der Waals surface area (Å²) < 4.78 is 0. The zero-order valence-electron chi connectivity index (χ0n) is 10.9. The number of rotatable bonds is 2. The average molecular weight is 302 g/mol. The van der Waals surface area contributed by atoms with Crippen LogP contribution >= 0.6 is 22.9 Å². The van der Waals surface area contributed by atoms with Crippen molar-refractivity contribution in [2.45, 2.75) is 26.7 Å². The summed E-state index contributed by atoms with van der Waals surface area (Å²) in [7, 11) is 0. The Morgan fingerprint density at radius 3 is 2.42 bits per heavy atom. The van der Waals surface area contributed by atoms with Crippen molar-refractivity contribution in [3.05, 3.63) is 20.8 Å². The number of carboxylic acid groups (broad SMARTS) is 1. The van der Waals surface area contributed by atoms with Gasteiger partial charge in [0.15, 0.2) is 0 Å². The molecular weight excluding hydrogens is 286 g/mol. The molecule has 1 aromatic rings. The molecule has 0 radical (unpaired) electrons. The quantitative estimate of drug-likeness (QED) is 0.913. The molecule has 2 rings (SSSR count). The van der Waals surface area contributed by atoms with Crippen molar-refractivity contribution in [1.82, 2.24) is 4.90 Å². The van der Waals surface area contributed by atoms with E-state index < -0.39 is 11.4 Å². The third-order valence-corrected chi connectivity index (χ3v) is 5.45. The first-order valence-electron chi connectivity index (χ1n) is 6.11. The van der Waals surface area contributed by atoms with E-state index in [1.165, 1.54) is 11.3 Å². The molecule has 2 heterocycles. The lowest BCUT2D eigenvalue weighted by Gasteiger charge is -2.36. The summed E-state index contributed by atoms with van der Waals surface area (Å²) in [5, 5.41) is 11.5. The number of nitrogens with zero attached hydrogens (tertiary/aromatic N) is 1. The van der Waals surface area contributed by atoms with Crippen LogP contribution in [0.5, 0.6) is 0 Å². The molecule has 0 spiro atoms. The lowest BCUT2D eigenvalue weighted by molar-refractivity contribution is -0.150. The number of hydrogen-bond donors (Lipinski definition) is 1. The van der Waals surface area contributed by atoms with Gasteiger partial charge < -0.3 is 10.0 Å². The highest BCUT2D eigenvalue weighted by Gasteiger charge is 2.38. The molecule has 19 heavy (non-hydrogen) atoms. The number of aryl methyl sites for hydroxylation is 1. The van der Waals surface area contributed by atoms with Crippen molar-refractivity contribution in [2.75, 3.05) is 13.1 Å². The van der Waals surface area contributed by atoms with Crippen LogP contribution in [-0.4, -0.2) is 35.0 Å². The van der Waals surface area contributed by atoms with Crippen LogP contribution < -0.4 is 0 Å². The summed E-state index contributed by atoms with van der Waals surface area (Å²) in [4.78, 5) is 25.7. The normalized spacial score (nSPS) is 18.4. The number of piperidine rings is 1. The van der Waals surface area contributed by atoms with Gasteiger partial charge in [0.1, 0.15) is 4.88 Å². The molecule has 0 bridgehead atoms. The molecule has 0 aromatic carbocycles. The molecule has 1 aliphatic heterocycles. The van der Waals surface area contributed by atoms with Crippen molar-refractivity contribution in [1.29, 1.82) is 0 Å². The number of aliphatic carboxylic acids is 1. The molecule has 0 atom stereocenters. The molecule has 0 saturated carbocycles. The maximum Gasteiger partial charge on any atom is 0.309 e. The highest BCUT2D eigenvalue weighted by atomic mass is 35.5. The van der Waals surface area contributed by atoms with Crippen LogP contribution in [0.4, 0.5) is 0 Å². The third kappa shape index (κ3) is 2.62. The van der Waals surface area contributed by atoms with Crippen molar-refractivity contribution in [2.24, 2.45) is 5.41 Å². The first kappa shape index (κ1) is 14.3. The Morgan fingerprint density at radius 1 is 1.42 bits per heavy atom. The van der Waals surface area contributed by atoms with Gasteiger partial charge in [-0.2, -0.15) is 0 Å². The summed E-state index contributed by atoms with van der Waals surface area (Å²) in [5.41, 5.74) is 0.189. The smallest absolute Gasteiger partial charge is 0.309 e. The monoisotopic (exact) mass is 301 g/mol. The van der Waals surface area contributed by atoms with Gasteiger partial charge in [-0.3, -0.25) is 9.59 Å². The van der Waals surface area contributed by atoms with Gasteiger partial charge in [0.25, 0.3) is 5.91 Å². The van der Waals surface area contributed by atoms with Gasteiger partial charge >= 0.3 is 5.97 Å². The van der Waals surface area contributed by atoms with E-state index in [4.69, 9.17) is 16.7 Å². The number of likely N-dealkylation sites (tertiary alicyclic amines) is 1. The van der Waals surface area contributed by atoms with Gasteiger partial charge in [-0.05, 0) is 37.6 Å². The minimum atomic E-state index is -0.787. The van der Waals surface area contributed by atoms with E-state index in [2.05, 4.69) is 0 Å². The predicted octanol–water partition coefficient (Wildman–Crippen LogP) is 3.04. The third-order valence-electron chi connectivity index (χ3n) is 3.76. The summed E-state index contributed by atoms with van der Waals surface area (Å²) >= 11 is 7.44. The highest BCUT2D eigenvalue weighted by molar-refractivity contribution is 7.13. The fourth-order valence-electron chi connectivity index (χ4n) is 2.13. The molecule has 1 N–H and O–H groups in total. The highest BCUT2D eigenvalue weighted by Crippen LogP contribution is 2.34. The molecule has 0 unspecified atom stereocenters. The zero-order chi connectivity index (χ0) is 14.2. The fraction of sp³-hybridized carbons (Fsp3) is 0.538. The van der Waals surface area contributed by atoms with E-state index in [-0.39, 0.29) is 5.91 Å². The largest absolute Gasteiger partial charge is 0.481 e. The van der Waals surface area contributed by atoms with Crippen LogP contribution in [0.15, 0.2) is 5.38 Å². The van der Waals surface area contributed by atoms with Crippen LogP contribution in [0.25, 0.3) is 0 Å². The molecule has 6 heteroatoms. The average Bonchev–Trinajstić information content (AvgIpc) is 2.70. The van der Waals surface area contributed by atoms with E-state index in [1.54, 1.807) is 11.8 Å². The maximum absolute atomic E-state index is 12.3. The predicted molar refractivity (Wildman–Crippen MR) is 74.9 cm³/mol. The second-order valence-electron chi connectivity index (χ2n) is 5.22. The molecular formula is C13H16ClNO3S. The summed E-state index contributed by atoms with van der Waals surface area (Å²) in [6.07, 6.45) is 0.964. The standard InChI is InChI=1S/C13H16ClNO3S/c1-8-7-19-10(9(8)14)11(16)15-5-3-13(2,4-6-15)12(17)18/h7H,3-6H2,1-2H3,(H,17,18). The second kappa shape index (κ2) is 5.13. The molecule has 1 saturated heterocycles. The summed E-state index contributed by atoms with van der Waals surface area (Å²) in [5.74, 6) is -0.875. The number of carboxylic acids is 1. The topological polar surface area (TPSA) is 57.6 Å². The zero-order valence-corrected chi connectivity index (χ0v) is 12.5. The van der Waals surface area contributed by atoms with Gasteiger partial charge in [-0.25, -0.2) is 0 Å². The lowest BCUT2D eigenvalue weighted by Crippen LogP contribution is -2.45. The Hall–Kier alpha value is -1.07. The number of carbonyl (C=O) groups excluding carboxylic acids is 1. The number of thiophene rings is 1. The maximum atomic E-state index is 12.3. The van der Waals surface area contributed by atoms with Crippen molar-refractivity contribution >= 4 is 34.8 Å². The van der Waals surface area contributed by atoms with Gasteiger partial charge in [0.05, 0.1) is 10.4 Å².